The predicted molar refractivity (Wildman–Crippen MR) is 73.5 cm³/mol. The molecule has 18 heavy (non-hydrogen) atoms. The summed E-state index contributed by atoms with van der Waals surface area (Å²) in [6, 6.07) is 6.83. The fourth-order valence-corrected chi connectivity index (χ4v) is 3.02. The maximum atomic E-state index is 4.37. The van der Waals surface area contributed by atoms with Crippen molar-refractivity contribution in [1.29, 1.82) is 0 Å². The fourth-order valence-electron chi connectivity index (χ4n) is 3.02. The van der Waals surface area contributed by atoms with Crippen LogP contribution in [0.25, 0.3) is 5.52 Å². The molecule has 96 valence electrons. The molecule has 1 fully saturated rings. The Kier molecular flexibility index (Phi) is 3.33. The third-order valence-electron chi connectivity index (χ3n) is 4.23. The number of nitrogens with one attached hydrogen (secondary N) is 1. The molecule has 3 rings (SSSR count). The van der Waals surface area contributed by atoms with E-state index in [4.69, 9.17) is 0 Å². The van der Waals surface area contributed by atoms with E-state index in [0.29, 0.717) is 6.04 Å². The topological polar surface area (TPSA) is 29.3 Å². The second-order valence-electron chi connectivity index (χ2n) is 5.41. The molecule has 1 aliphatic rings. The van der Waals surface area contributed by atoms with Gasteiger partial charge in [0.15, 0.2) is 0 Å². The van der Waals surface area contributed by atoms with Crippen LogP contribution in [0.15, 0.2) is 30.6 Å². The van der Waals surface area contributed by atoms with Crippen LogP contribution in [0, 0.1) is 5.92 Å². The number of nitrogens with zero attached hydrogens (tertiary/aromatic N) is 2. The van der Waals surface area contributed by atoms with Crippen LogP contribution >= 0.6 is 0 Å². The number of hydrogen-bond donors (Lipinski definition) is 1. The Morgan fingerprint density at radius 3 is 3.06 bits per heavy atom. The molecule has 0 bridgehead atoms. The standard InChI is InChI=1S/C15H21N3/c1-12(13-6-2-3-7-13)16-10-14-11-17-18-9-5-4-8-15(14)18/h4-5,8-9,11-13,16H,2-3,6-7,10H2,1H3/t12-/m1/s1. The molecule has 0 radical (unpaired) electrons. The van der Waals surface area contributed by atoms with Crippen molar-refractivity contribution in [2.75, 3.05) is 0 Å². The van der Waals surface area contributed by atoms with Crippen LogP contribution in [0.1, 0.15) is 38.2 Å². The summed E-state index contributed by atoms with van der Waals surface area (Å²) < 4.78 is 1.94. The van der Waals surface area contributed by atoms with Crippen molar-refractivity contribution >= 4 is 5.52 Å². The number of fused-ring (bicyclic) bond motifs is 1. The largest absolute Gasteiger partial charge is 0.310 e. The van der Waals surface area contributed by atoms with Gasteiger partial charge in [-0.2, -0.15) is 5.10 Å². The van der Waals surface area contributed by atoms with E-state index in [1.165, 1.54) is 36.8 Å². The van der Waals surface area contributed by atoms with Gasteiger partial charge in [0, 0.05) is 24.3 Å². The Morgan fingerprint density at radius 2 is 2.22 bits per heavy atom. The average molecular weight is 243 g/mol. The van der Waals surface area contributed by atoms with E-state index < -0.39 is 0 Å². The van der Waals surface area contributed by atoms with Gasteiger partial charge < -0.3 is 5.32 Å². The first-order valence-electron chi connectivity index (χ1n) is 6.99. The molecule has 1 N–H and O–H groups in total. The van der Waals surface area contributed by atoms with Crippen LogP contribution in [0.5, 0.6) is 0 Å². The van der Waals surface area contributed by atoms with Crippen LogP contribution in [0.4, 0.5) is 0 Å². The lowest BCUT2D eigenvalue weighted by Crippen LogP contribution is -2.31. The quantitative estimate of drug-likeness (QED) is 0.894. The highest BCUT2D eigenvalue weighted by Gasteiger charge is 2.21. The minimum atomic E-state index is 0.617. The number of rotatable bonds is 4. The molecule has 1 aliphatic carbocycles. The van der Waals surface area contributed by atoms with Crippen molar-refractivity contribution in [3.63, 3.8) is 0 Å². The van der Waals surface area contributed by atoms with Gasteiger partial charge in [0.25, 0.3) is 0 Å². The first-order valence-corrected chi connectivity index (χ1v) is 6.99. The summed E-state index contributed by atoms with van der Waals surface area (Å²) in [7, 11) is 0. The minimum Gasteiger partial charge on any atom is -0.310 e. The second kappa shape index (κ2) is 5.11. The van der Waals surface area contributed by atoms with E-state index in [1.54, 1.807) is 0 Å². The zero-order chi connectivity index (χ0) is 12.4. The lowest BCUT2D eigenvalue weighted by Gasteiger charge is -2.20. The molecule has 0 amide bonds. The van der Waals surface area contributed by atoms with Crippen molar-refractivity contribution in [3.05, 3.63) is 36.2 Å². The second-order valence-corrected chi connectivity index (χ2v) is 5.41. The molecular formula is C15H21N3. The van der Waals surface area contributed by atoms with Gasteiger partial charge in [-0.05, 0) is 37.8 Å². The third kappa shape index (κ3) is 2.27. The monoisotopic (exact) mass is 243 g/mol. The van der Waals surface area contributed by atoms with Crippen molar-refractivity contribution < 1.29 is 0 Å². The fraction of sp³-hybridized carbons (Fsp3) is 0.533. The Hall–Kier alpha value is -1.35. The van der Waals surface area contributed by atoms with Crippen molar-refractivity contribution in [2.45, 2.75) is 45.2 Å². The number of hydrogen-bond acceptors (Lipinski definition) is 2. The number of pyridine rings is 1. The van der Waals surface area contributed by atoms with Crippen LogP contribution in [-0.4, -0.2) is 15.7 Å². The SMILES string of the molecule is C[C@@H](NCc1cnn2ccccc12)C1CCCC1. The molecule has 0 unspecified atom stereocenters. The van der Waals surface area contributed by atoms with Gasteiger partial charge >= 0.3 is 0 Å². The summed E-state index contributed by atoms with van der Waals surface area (Å²) in [5.74, 6) is 0.867. The number of aromatic nitrogens is 2. The van der Waals surface area contributed by atoms with Gasteiger partial charge in [0.1, 0.15) is 0 Å². The molecular weight excluding hydrogens is 222 g/mol. The van der Waals surface area contributed by atoms with Gasteiger partial charge in [-0.1, -0.05) is 18.9 Å². The summed E-state index contributed by atoms with van der Waals surface area (Å²) >= 11 is 0. The molecule has 2 heterocycles. The lowest BCUT2D eigenvalue weighted by molar-refractivity contribution is 0.381. The maximum absolute atomic E-state index is 4.37. The summed E-state index contributed by atoms with van der Waals surface area (Å²) in [6.07, 6.45) is 9.58. The van der Waals surface area contributed by atoms with E-state index >= 15 is 0 Å². The summed E-state index contributed by atoms with van der Waals surface area (Å²) in [4.78, 5) is 0. The smallest absolute Gasteiger partial charge is 0.0706 e. The summed E-state index contributed by atoms with van der Waals surface area (Å²) in [6.45, 7) is 3.24. The lowest BCUT2D eigenvalue weighted by atomic mass is 10.00. The maximum Gasteiger partial charge on any atom is 0.0706 e. The minimum absolute atomic E-state index is 0.617. The predicted octanol–water partition coefficient (Wildman–Crippen LogP) is 3.00. The molecule has 2 aromatic rings. The van der Waals surface area contributed by atoms with E-state index in [-0.39, 0.29) is 0 Å². The molecule has 0 aromatic carbocycles. The zero-order valence-corrected chi connectivity index (χ0v) is 11.0. The Bertz CT molecular complexity index is 511. The third-order valence-corrected chi connectivity index (χ3v) is 4.23. The van der Waals surface area contributed by atoms with E-state index in [9.17, 15) is 0 Å². The van der Waals surface area contributed by atoms with Gasteiger partial charge in [-0.15, -0.1) is 0 Å². The highest BCUT2D eigenvalue weighted by atomic mass is 15.2. The summed E-state index contributed by atoms with van der Waals surface area (Å²) in [5, 5.41) is 8.04. The first-order chi connectivity index (χ1) is 8.84. The van der Waals surface area contributed by atoms with Gasteiger partial charge in [0.2, 0.25) is 0 Å². The summed E-state index contributed by atoms with van der Waals surface area (Å²) in [5.41, 5.74) is 2.50. The van der Waals surface area contributed by atoms with Crippen LogP contribution in [0.3, 0.4) is 0 Å². The molecule has 0 spiro atoms. The van der Waals surface area contributed by atoms with Crippen LogP contribution in [0.2, 0.25) is 0 Å². The van der Waals surface area contributed by atoms with E-state index in [2.05, 4.69) is 29.5 Å². The van der Waals surface area contributed by atoms with Crippen LogP contribution in [-0.2, 0) is 6.54 Å². The Morgan fingerprint density at radius 1 is 1.39 bits per heavy atom. The van der Waals surface area contributed by atoms with Gasteiger partial charge in [0.05, 0.1) is 11.7 Å². The van der Waals surface area contributed by atoms with Crippen LogP contribution < -0.4 is 5.32 Å². The normalized spacial score (nSPS) is 18.5. The molecule has 3 nitrogen and oxygen atoms in total. The molecule has 1 atom stereocenters. The van der Waals surface area contributed by atoms with Crippen molar-refractivity contribution in [2.24, 2.45) is 5.92 Å². The molecule has 2 aromatic heterocycles. The van der Waals surface area contributed by atoms with Gasteiger partial charge in [-0.3, -0.25) is 0 Å². The Balaban J connectivity index is 1.65. The van der Waals surface area contributed by atoms with Crippen molar-refractivity contribution in [1.82, 2.24) is 14.9 Å². The van der Waals surface area contributed by atoms with Crippen molar-refractivity contribution in [3.8, 4) is 0 Å². The molecule has 3 heteroatoms. The highest BCUT2D eigenvalue weighted by Crippen LogP contribution is 2.27. The van der Waals surface area contributed by atoms with E-state index in [0.717, 1.165) is 12.5 Å². The van der Waals surface area contributed by atoms with E-state index in [1.807, 2.05) is 23.0 Å². The van der Waals surface area contributed by atoms with Gasteiger partial charge in [-0.25, -0.2) is 4.52 Å². The average Bonchev–Trinajstić information content (AvgIpc) is 3.06. The Labute approximate surface area is 108 Å². The first kappa shape index (κ1) is 11.7. The molecule has 0 aliphatic heterocycles. The highest BCUT2D eigenvalue weighted by molar-refractivity contribution is 5.53. The zero-order valence-electron chi connectivity index (χ0n) is 11.0. The molecule has 1 saturated carbocycles. The molecule has 0 saturated heterocycles.